The van der Waals surface area contributed by atoms with E-state index in [4.69, 9.17) is 9.47 Å². The second-order valence-corrected chi connectivity index (χ2v) is 15.8. The van der Waals surface area contributed by atoms with Crippen LogP contribution in [0.2, 0.25) is 0 Å². The molecular formula is C38H70N8O16. The average Bonchev–Trinajstić information content (AvgIpc) is 3.16. The molecular weight excluding hydrogens is 824 g/mol. The molecule has 24 heteroatoms. The van der Waals surface area contributed by atoms with E-state index in [2.05, 4.69) is 0 Å². The maximum atomic E-state index is 11.5. The summed E-state index contributed by atoms with van der Waals surface area (Å²) >= 11 is 0. The van der Waals surface area contributed by atoms with Crippen molar-refractivity contribution >= 4 is 35.8 Å². The van der Waals surface area contributed by atoms with Crippen molar-refractivity contribution in [2.45, 2.75) is 25.0 Å². The van der Waals surface area contributed by atoms with Crippen LogP contribution in [0.4, 0.5) is 0 Å². The number of β-amino-alcohol motifs (C(OH)–C–C–N with tert-alkyl or cyclic N) is 2. The number of carboxylic acid groups (broad SMARTS) is 6. The van der Waals surface area contributed by atoms with Crippen LogP contribution >= 0.6 is 0 Å². The van der Waals surface area contributed by atoms with Gasteiger partial charge < -0.3 is 50.3 Å². The summed E-state index contributed by atoms with van der Waals surface area (Å²) in [5, 5.41) is 78.1. The number of hydrogen-bond acceptors (Lipinski definition) is 18. The van der Waals surface area contributed by atoms with E-state index in [1.54, 1.807) is 29.4 Å². The third-order valence-electron chi connectivity index (χ3n) is 10.4. The fraction of sp³-hybridized carbons (Fsp3) is 0.842. The molecule has 0 aromatic heterocycles. The highest BCUT2D eigenvalue weighted by Gasteiger charge is 2.23. The van der Waals surface area contributed by atoms with Gasteiger partial charge in [-0.05, 0) is 12.8 Å². The predicted molar refractivity (Wildman–Crippen MR) is 220 cm³/mol. The highest BCUT2D eigenvalue weighted by molar-refractivity contribution is 5.70. The lowest BCUT2D eigenvalue weighted by atomic mass is 10.3. The zero-order valence-electron chi connectivity index (χ0n) is 35.8. The minimum absolute atomic E-state index is 0.0299. The Morgan fingerprint density at radius 2 is 0.516 bits per heavy atom. The topological polar surface area (TPSA) is 309 Å². The molecule has 2 aliphatic heterocycles. The molecule has 0 aliphatic carbocycles. The van der Waals surface area contributed by atoms with Crippen molar-refractivity contribution in [2.24, 2.45) is 0 Å². The molecule has 2 atom stereocenters. The molecule has 0 aromatic rings. The Morgan fingerprint density at radius 3 is 0.694 bits per heavy atom. The summed E-state index contributed by atoms with van der Waals surface area (Å²) in [5.41, 5.74) is 0. The van der Waals surface area contributed by atoms with Crippen molar-refractivity contribution in [3.8, 4) is 0 Å². The molecule has 2 aliphatic rings. The second-order valence-electron chi connectivity index (χ2n) is 15.8. The predicted octanol–water partition coefficient (Wildman–Crippen LogP) is -4.53. The second kappa shape index (κ2) is 31.2. The van der Waals surface area contributed by atoms with E-state index in [1.165, 1.54) is 0 Å². The van der Waals surface area contributed by atoms with Gasteiger partial charge in [0.15, 0.2) is 0 Å². The third kappa shape index (κ3) is 27.4. The van der Waals surface area contributed by atoms with Gasteiger partial charge in [-0.25, -0.2) is 0 Å². The van der Waals surface area contributed by atoms with Crippen molar-refractivity contribution in [3.63, 3.8) is 0 Å². The molecule has 2 heterocycles. The van der Waals surface area contributed by atoms with Gasteiger partial charge in [-0.15, -0.1) is 0 Å². The van der Waals surface area contributed by atoms with E-state index in [9.17, 15) is 69.6 Å². The van der Waals surface area contributed by atoms with Gasteiger partial charge in [0, 0.05) is 131 Å². The lowest BCUT2D eigenvalue weighted by molar-refractivity contribution is -0.140. The Hall–Kier alpha value is -3.66. The SMILES string of the molecule is O=C(O)CN1CCN(CC(=O)O)CCN(CC(O)COCCCCOCC(O)CN2CCN(CC(=O)O)CCN(CC(=O)O)CCN(CC(=O)O)CC2)CCN(CC(=O)O)CC1. The van der Waals surface area contributed by atoms with E-state index in [0.29, 0.717) is 105 Å². The molecule has 0 aromatic carbocycles. The van der Waals surface area contributed by atoms with E-state index in [-0.39, 0.29) is 91.8 Å². The van der Waals surface area contributed by atoms with E-state index in [0.717, 1.165) is 0 Å². The number of unbranched alkanes of at least 4 members (excludes halogenated alkanes) is 1. The number of carboxylic acids is 6. The Balaban J connectivity index is 1.82. The molecule has 0 bridgehead atoms. The van der Waals surface area contributed by atoms with Gasteiger partial charge in [0.05, 0.1) is 64.7 Å². The van der Waals surface area contributed by atoms with Crippen molar-refractivity contribution in [3.05, 3.63) is 0 Å². The van der Waals surface area contributed by atoms with Crippen molar-refractivity contribution < 1.29 is 79.1 Å². The molecule has 62 heavy (non-hydrogen) atoms. The first-order valence-corrected chi connectivity index (χ1v) is 21.1. The number of rotatable bonds is 25. The largest absolute Gasteiger partial charge is 0.480 e. The van der Waals surface area contributed by atoms with Gasteiger partial charge in [-0.3, -0.25) is 68.0 Å². The van der Waals surface area contributed by atoms with Crippen LogP contribution in [0.15, 0.2) is 0 Å². The van der Waals surface area contributed by atoms with Crippen LogP contribution in [0.1, 0.15) is 12.8 Å². The fourth-order valence-electron chi connectivity index (χ4n) is 7.17. The summed E-state index contributed by atoms with van der Waals surface area (Å²) < 4.78 is 11.4. The molecule has 24 nitrogen and oxygen atoms in total. The Labute approximate surface area is 362 Å². The monoisotopic (exact) mass is 894 g/mol. The molecule has 0 saturated carbocycles. The standard InChI is InChI=1S/C38H70N8O16/c47-31(21-39-3-7-41(23-33(49)50)11-15-45(27-37(57)58)16-12-42(8-4-39)24-34(51)52)29-61-19-1-2-20-62-30-32(48)22-40-5-9-43(25-35(53)54)13-17-46(28-38(59)60)18-14-44(10-6-40)26-36(55)56/h31-32,47-48H,1-30H2,(H,49,50)(H,51,52)(H,53,54)(H,55,56)(H,57,58)(H,59,60). The summed E-state index contributed by atoms with van der Waals surface area (Å²) in [7, 11) is 0. The number of carbonyl (C=O) groups is 6. The summed E-state index contributed by atoms with van der Waals surface area (Å²) in [6.07, 6.45) is -0.555. The third-order valence-corrected chi connectivity index (χ3v) is 10.4. The molecule has 0 spiro atoms. The number of hydrogen-bond donors (Lipinski definition) is 8. The number of aliphatic hydroxyl groups excluding tert-OH is 2. The normalized spacial score (nSPS) is 20.2. The van der Waals surface area contributed by atoms with Gasteiger partial charge >= 0.3 is 35.8 Å². The van der Waals surface area contributed by atoms with Crippen LogP contribution in [0.25, 0.3) is 0 Å². The molecule has 0 amide bonds. The summed E-state index contributed by atoms with van der Waals surface area (Å²) in [6, 6.07) is 0. The van der Waals surface area contributed by atoms with E-state index in [1.807, 2.05) is 9.80 Å². The van der Waals surface area contributed by atoms with Crippen LogP contribution in [0.5, 0.6) is 0 Å². The van der Waals surface area contributed by atoms with Gasteiger partial charge in [-0.1, -0.05) is 0 Å². The maximum absolute atomic E-state index is 11.5. The molecule has 2 rings (SSSR count). The molecule has 358 valence electrons. The molecule has 8 N–H and O–H groups in total. The average molecular weight is 895 g/mol. The lowest BCUT2D eigenvalue weighted by Gasteiger charge is -2.33. The first-order valence-electron chi connectivity index (χ1n) is 21.1. The molecule has 0 radical (unpaired) electrons. The highest BCUT2D eigenvalue weighted by atomic mass is 16.5. The maximum Gasteiger partial charge on any atom is 0.317 e. The zero-order valence-corrected chi connectivity index (χ0v) is 35.8. The summed E-state index contributed by atoms with van der Waals surface area (Å²) in [5.74, 6) is -6.15. The number of aliphatic carboxylic acids is 6. The Kier molecular flexibility index (Phi) is 27.4. The Bertz CT molecular complexity index is 1190. The quantitative estimate of drug-likeness (QED) is 0.0401. The summed E-state index contributed by atoms with van der Waals surface area (Å²) in [4.78, 5) is 83.0. The number of nitrogens with zero attached hydrogens (tertiary/aromatic N) is 8. The Morgan fingerprint density at radius 1 is 0.339 bits per heavy atom. The van der Waals surface area contributed by atoms with Crippen molar-refractivity contribution in [2.75, 3.05) is 184 Å². The van der Waals surface area contributed by atoms with Crippen LogP contribution in [0.3, 0.4) is 0 Å². The molecule has 2 fully saturated rings. The van der Waals surface area contributed by atoms with Crippen LogP contribution in [-0.2, 0) is 38.2 Å². The van der Waals surface area contributed by atoms with Crippen LogP contribution < -0.4 is 0 Å². The van der Waals surface area contributed by atoms with Gasteiger partial charge in [0.25, 0.3) is 0 Å². The first-order chi connectivity index (χ1) is 29.5. The van der Waals surface area contributed by atoms with E-state index < -0.39 is 48.0 Å². The van der Waals surface area contributed by atoms with Crippen LogP contribution in [0, 0.1) is 0 Å². The lowest BCUT2D eigenvalue weighted by Crippen LogP contribution is -2.49. The minimum atomic E-state index is -1.03. The zero-order chi connectivity index (χ0) is 45.9. The van der Waals surface area contributed by atoms with Gasteiger partial charge in [0.2, 0.25) is 0 Å². The molecule has 2 saturated heterocycles. The van der Waals surface area contributed by atoms with Crippen molar-refractivity contribution in [1.82, 2.24) is 39.2 Å². The molecule has 2 unspecified atom stereocenters. The minimum Gasteiger partial charge on any atom is -0.480 e. The van der Waals surface area contributed by atoms with Gasteiger partial charge in [-0.2, -0.15) is 0 Å². The smallest absolute Gasteiger partial charge is 0.317 e. The number of aliphatic hydroxyl groups is 2. The van der Waals surface area contributed by atoms with E-state index >= 15 is 0 Å². The fourth-order valence-corrected chi connectivity index (χ4v) is 7.17. The van der Waals surface area contributed by atoms with Crippen molar-refractivity contribution in [1.29, 1.82) is 0 Å². The number of ether oxygens (including phenoxy) is 2. The highest BCUT2D eigenvalue weighted by Crippen LogP contribution is 2.06. The first kappa shape index (κ1) is 54.5. The summed E-state index contributed by atoms with van der Waals surface area (Å²) in [6.45, 7) is 4.83. The van der Waals surface area contributed by atoms with Crippen LogP contribution in [-0.4, -0.2) is 312 Å². The van der Waals surface area contributed by atoms with Gasteiger partial charge in [0.1, 0.15) is 0 Å².